The minimum Gasteiger partial charge on any atom is -0.468 e. The Labute approximate surface area is 91.1 Å². The molecule has 0 N–H and O–H groups in total. The van der Waals surface area contributed by atoms with E-state index >= 15 is 0 Å². The third-order valence-electron chi connectivity index (χ3n) is 1.48. The van der Waals surface area contributed by atoms with Gasteiger partial charge in [0.1, 0.15) is 6.54 Å². The van der Waals surface area contributed by atoms with Gasteiger partial charge in [-0.2, -0.15) is 0 Å². The molecule has 1 rings (SSSR count). The van der Waals surface area contributed by atoms with Crippen LogP contribution in [0.5, 0.6) is 0 Å². The number of thioether (sulfide) groups is 1. The molecule has 1 aromatic heterocycles. The third-order valence-corrected chi connectivity index (χ3v) is 2.32. The van der Waals surface area contributed by atoms with E-state index < -0.39 is 0 Å². The summed E-state index contributed by atoms with van der Waals surface area (Å²) in [7, 11) is 1.32. The summed E-state index contributed by atoms with van der Waals surface area (Å²) in [4.78, 5) is 11.0. The second-order valence-electron chi connectivity index (χ2n) is 2.45. The van der Waals surface area contributed by atoms with E-state index in [1.165, 1.54) is 23.6 Å². The van der Waals surface area contributed by atoms with Crippen molar-refractivity contribution in [3.63, 3.8) is 0 Å². The van der Waals surface area contributed by atoms with E-state index in [9.17, 15) is 4.79 Å². The third kappa shape index (κ3) is 3.84. The van der Waals surface area contributed by atoms with Gasteiger partial charge in [0.25, 0.3) is 0 Å². The first-order valence-electron chi connectivity index (χ1n) is 4.31. The van der Waals surface area contributed by atoms with Crippen LogP contribution >= 0.6 is 11.8 Å². The van der Waals surface area contributed by atoms with Crippen LogP contribution in [0.15, 0.2) is 5.16 Å². The molecule has 0 saturated carbocycles. The van der Waals surface area contributed by atoms with Crippen molar-refractivity contribution in [2.75, 3.05) is 19.7 Å². The fourth-order valence-corrected chi connectivity index (χ4v) is 1.46. The van der Waals surface area contributed by atoms with Crippen molar-refractivity contribution in [2.45, 2.75) is 18.6 Å². The quantitative estimate of drug-likeness (QED) is 0.294. The zero-order valence-corrected chi connectivity index (χ0v) is 9.36. The van der Waals surface area contributed by atoms with Gasteiger partial charge >= 0.3 is 5.97 Å². The predicted molar refractivity (Wildman–Crippen MR) is 52.2 cm³/mol. The van der Waals surface area contributed by atoms with Crippen LogP contribution in [0.4, 0.5) is 0 Å². The second kappa shape index (κ2) is 6.36. The molecule has 1 aromatic rings. The molecule has 15 heavy (non-hydrogen) atoms. The molecule has 1 heterocycles. The average molecular weight is 232 g/mol. The zero-order chi connectivity index (χ0) is 11.1. The van der Waals surface area contributed by atoms with Gasteiger partial charge in [-0.3, -0.25) is 4.79 Å². The number of carbonyl (C=O) groups is 1. The number of aromatic nitrogens is 4. The van der Waals surface area contributed by atoms with Gasteiger partial charge < -0.3 is 9.47 Å². The Balaban J connectivity index is 2.49. The van der Waals surface area contributed by atoms with Crippen molar-refractivity contribution in [2.24, 2.45) is 0 Å². The Morgan fingerprint density at radius 3 is 3.07 bits per heavy atom. The van der Waals surface area contributed by atoms with Crippen LogP contribution in [-0.2, 0) is 20.8 Å². The number of ether oxygens (including phenoxy) is 2. The molecule has 0 fully saturated rings. The van der Waals surface area contributed by atoms with Crippen LogP contribution < -0.4 is 0 Å². The summed E-state index contributed by atoms with van der Waals surface area (Å²) in [5, 5.41) is 11.4. The molecule has 84 valence electrons. The summed E-state index contributed by atoms with van der Waals surface area (Å²) >= 11 is 1.33. The van der Waals surface area contributed by atoms with Gasteiger partial charge in [0.05, 0.1) is 13.0 Å². The van der Waals surface area contributed by atoms with Crippen molar-refractivity contribution in [3.05, 3.63) is 0 Å². The normalized spacial score (nSPS) is 10.3. The molecule has 0 aliphatic heterocycles. The number of rotatable bonds is 6. The first-order chi connectivity index (χ1) is 7.27. The Bertz CT molecular complexity index is 317. The topological polar surface area (TPSA) is 79.1 Å². The van der Waals surface area contributed by atoms with Crippen LogP contribution in [-0.4, -0.2) is 45.8 Å². The van der Waals surface area contributed by atoms with E-state index in [0.29, 0.717) is 17.7 Å². The van der Waals surface area contributed by atoms with E-state index in [0.717, 1.165) is 0 Å². The molecule has 7 nitrogen and oxygen atoms in total. The molecule has 0 saturated heterocycles. The SMILES string of the molecule is CCOCSc1nnnn1CC(=O)OC. The van der Waals surface area contributed by atoms with Gasteiger partial charge in [0.2, 0.25) is 5.16 Å². The lowest BCUT2D eigenvalue weighted by atomic mass is 10.7. The van der Waals surface area contributed by atoms with Gasteiger partial charge in [-0.15, -0.1) is 5.10 Å². The van der Waals surface area contributed by atoms with Crippen LogP contribution in [0, 0.1) is 0 Å². The predicted octanol–water partition coefficient (Wildman–Crippen LogP) is -0.0678. The lowest BCUT2D eigenvalue weighted by Crippen LogP contribution is -2.14. The molecule has 0 aliphatic rings. The highest BCUT2D eigenvalue weighted by Gasteiger charge is 2.10. The summed E-state index contributed by atoms with van der Waals surface area (Å²) in [6, 6.07) is 0. The fourth-order valence-electron chi connectivity index (χ4n) is 0.764. The number of nitrogens with zero attached hydrogens (tertiary/aromatic N) is 4. The van der Waals surface area contributed by atoms with Crippen molar-refractivity contribution in [1.29, 1.82) is 0 Å². The largest absolute Gasteiger partial charge is 0.468 e. The maximum atomic E-state index is 11.0. The molecule has 0 unspecified atom stereocenters. The smallest absolute Gasteiger partial charge is 0.327 e. The van der Waals surface area contributed by atoms with Gasteiger partial charge in [0, 0.05) is 6.61 Å². The number of methoxy groups -OCH3 is 1. The first-order valence-corrected chi connectivity index (χ1v) is 5.30. The van der Waals surface area contributed by atoms with Crippen LogP contribution in [0.3, 0.4) is 0 Å². The fraction of sp³-hybridized carbons (Fsp3) is 0.714. The van der Waals surface area contributed by atoms with Crippen molar-refractivity contribution in [3.8, 4) is 0 Å². The first kappa shape index (κ1) is 11.9. The molecule has 0 radical (unpaired) electrons. The van der Waals surface area contributed by atoms with Crippen molar-refractivity contribution in [1.82, 2.24) is 20.2 Å². The lowest BCUT2D eigenvalue weighted by molar-refractivity contribution is -0.141. The Morgan fingerprint density at radius 2 is 2.40 bits per heavy atom. The number of tetrazole rings is 1. The summed E-state index contributed by atoms with van der Waals surface area (Å²) < 4.78 is 11.0. The molecule has 0 aliphatic carbocycles. The summed E-state index contributed by atoms with van der Waals surface area (Å²) in [6.07, 6.45) is 0. The molecule has 0 spiro atoms. The molecule has 0 atom stereocenters. The van der Waals surface area contributed by atoms with Crippen LogP contribution in [0.25, 0.3) is 0 Å². The monoisotopic (exact) mass is 232 g/mol. The molecule has 0 bridgehead atoms. The molecule has 0 amide bonds. The van der Waals surface area contributed by atoms with Gasteiger partial charge in [-0.05, 0) is 17.4 Å². The second-order valence-corrected chi connectivity index (χ2v) is 3.34. The molecular formula is C7H12N4O3S. The van der Waals surface area contributed by atoms with Gasteiger partial charge in [-0.25, -0.2) is 4.68 Å². The van der Waals surface area contributed by atoms with Crippen molar-refractivity contribution < 1.29 is 14.3 Å². The lowest BCUT2D eigenvalue weighted by Gasteiger charge is -2.02. The van der Waals surface area contributed by atoms with E-state index in [1.54, 1.807) is 0 Å². The Kier molecular flexibility index (Phi) is 5.05. The minimum absolute atomic E-state index is 0.0119. The Hall–Kier alpha value is -1.15. The molecule has 0 aromatic carbocycles. The van der Waals surface area contributed by atoms with E-state index in [4.69, 9.17) is 4.74 Å². The minimum atomic E-state index is -0.388. The molecule has 8 heteroatoms. The van der Waals surface area contributed by atoms with Gasteiger partial charge in [-0.1, -0.05) is 11.8 Å². The van der Waals surface area contributed by atoms with Crippen molar-refractivity contribution >= 4 is 17.7 Å². The summed E-state index contributed by atoms with van der Waals surface area (Å²) in [5.74, 6) is 0.0680. The van der Waals surface area contributed by atoms with E-state index in [-0.39, 0.29) is 12.5 Å². The summed E-state index contributed by atoms with van der Waals surface area (Å²) in [5.41, 5.74) is 0. The van der Waals surface area contributed by atoms with Gasteiger partial charge in [0.15, 0.2) is 0 Å². The number of carbonyl (C=O) groups excluding carboxylic acids is 1. The van der Waals surface area contributed by atoms with E-state index in [1.807, 2.05) is 6.92 Å². The average Bonchev–Trinajstić information content (AvgIpc) is 2.66. The molecular weight excluding hydrogens is 220 g/mol. The zero-order valence-electron chi connectivity index (χ0n) is 8.54. The maximum absolute atomic E-state index is 11.0. The number of hydrogen-bond donors (Lipinski definition) is 0. The highest BCUT2D eigenvalue weighted by atomic mass is 32.2. The Morgan fingerprint density at radius 1 is 1.60 bits per heavy atom. The number of esters is 1. The van der Waals surface area contributed by atoms with E-state index in [2.05, 4.69) is 20.3 Å². The highest BCUT2D eigenvalue weighted by molar-refractivity contribution is 7.99. The maximum Gasteiger partial charge on any atom is 0.327 e. The number of hydrogen-bond acceptors (Lipinski definition) is 7. The standard InChI is InChI=1S/C7H12N4O3S/c1-3-14-5-15-7-8-9-10-11(7)4-6(12)13-2/h3-5H2,1-2H3. The van der Waals surface area contributed by atoms with Crippen LogP contribution in [0.2, 0.25) is 0 Å². The summed E-state index contributed by atoms with van der Waals surface area (Å²) in [6.45, 7) is 2.54. The highest BCUT2D eigenvalue weighted by Crippen LogP contribution is 2.13. The van der Waals surface area contributed by atoms with Crippen LogP contribution in [0.1, 0.15) is 6.92 Å².